The van der Waals surface area contributed by atoms with E-state index < -0.39 is 0 Å². The highest BCUT2D eigenvalue weighted by Crippen LogP contribution is 2.45. The number of carbonyl (C=O) groups excluding carboxylic acids is 2. The number of amides is 2. The largest absolute Gasteiger partial charge is 0.356 e. The molecule has 2 bridgehead atoms. The average Bonchev–Trinajstić information content (AvgIpc) is 2.62. The number of allylic oxidation sites excluding steroid dienone is 2. The number of carbonyl (C=O) groups is 2. The van der Waals surface area contributed by atoms with Gasteiger partial charge in [-0.05, 0) is 37.5 Å². The molecule has 0 aromatic carbocycles. The molecule has 1 fully saturated rings. The van der Waals surface area contributed by atoms with Gasteiger partial charge in [0.05, 0.1) is 11.8 Å². The SMILES string of the molecule is CCCCCNC(=O)[C@@H]1[C@@H](C(=O)NCCCCC)[C@H]2C=C[C@@H]1CC2. The first kappa shape index (κ1) is 19.0. The van der Waals surface area contributed by atoms with Crippen molar-refractivity contribution >= 4 is 11.8 Å². The van der Waals surface area contributed by atoms with Crippen molar-refractivity contribution in [1.82, 2.24) is 10.6 Å². The van der Waals surface area contributed by atoms with Crippen LogP contribution >= 0.6 is 0 Å². The van der Waals surface area contributed by atoms with E-state index in [0.29, 0.717) is 0 Å². The lowest BCUT2D eigenvalue weighted by atomic mass is 9.61. The highest BCUT2D eigenvalue weighted by molar-refractivity contribution is 5.89. The number of unbranched alkanes of at least 4 members (excludes halogenated alkanes) is 4. The highest BCUT2D eigenvalue weighted by atomic mass is 16.2. The van der Waals surface area contributed by atoms with Crippen LogP contribution in [0.15, 0.2) is 12.2 Å². The zero-order valence-electron chi connectivity index (χ0n) is 15.4. The molecule has 0 heterocycles. The van der Waals surface area contributed by atoms with Crippen LogP contribution in [0, 0.1) is 23.7 Å². The van der Waals surface area contributed by atoms with Gasteiger partial charge >= 0.3 is 0 Å². The summed E-state index contributed by atoms with van der Waals surface area (Å²) < 4.78 is 0. The fourth-order valence-electron chi connectivity index (χ4n) is 4.12. The standard InChI is InChI=1S/C20H34N2O2/c1-3-5-7-13-21-19(23)17-15-9-11-16(12-10-15)18(17)20(24)22-14-8-6-4-2/h9,11,15-18H,3-8,10,12-14H2,1-2H3,(H,21,23)(H,22,24)/t15-,16+,17-,18-/m0/s1. The summed E-state index contributed by atoms with van der Waals surface area (Å²) in [6.07, 6.45) is 13.0. The molecule has 4 nitrogen and oxygen atoms in total. The predicted octanol–water partition coefficient (Wildman–Crippen LogP) is 3.43. The van der Waals surface area contributed by atoms with Crippen LogP contribution < -0.4 is 10.6 Å². The number of hydrogen-bond donors (Lipinski definition) is 2. The number of nitrogens with one attached hydrogen (secondary N) is 2. The normalized spacial score (nSPS) is 27.9. The Morgan fingerprint density at radius 2 is 1.21 bits per heavy atom. The third-order valence-electron chi connectivity index (χ3n) is 5.51. The maximum atomic E-state index is 12.7. The lowest BCUT2D eigenvalue weighted by Crippen LogP contribution is -2.52. The smallest absolute Gasteiger partial charge is 0.224 e. The van der Waals surface area contributed by atoms with Crippen molar-refractivity contribution in [3.8, 4) is 0 Å². The Morgan fingerprint density at radius 1 is 0.792 bits per heavy atom. The first-order valence-electron chi connectivity index (χ1n) is 9.92. The molecule has 3 rings (SSSR count). The minimum Gasteiger partial charge on any atom is -0.356 e. The number of hydrogen-bond acceptors (Lipinski definition) is 2. The van der Waals surface area contributed by atoms with Crippen LogP contribution in [0.4, 0.5) is 0 Å². The van der Waals surface area contributed by atoms with Crippen LogP contribution in [-0.4, -0.2) is 24.9 Å². The highest BCUT2D eigenvalue weighted by Gasteiger charge is 2.47. The summed E-state index contributed by atoms with van der Waals surface area (Å²) in [7, 11) is 0. The van der Waals surface area contributed by atoms with E-state index in [1.807, 2.05) is 0 Å². The van der Waals surface area contributed by atoms with E-state index in [1.165, 1.54) is 0 Å². The third kappa shape index (κ3) is 4.84. The molecule has 2 amide bonds. The molecule has 0 spiro atoms. The van der Waals surface area contributed by atoms with Crippen LogP contribution in [0.3, 0.4) is 0 Å². The summed E-state index contributed by atoms with van der Waals surface area (Å²) in [4.78, 5) is 25.4. The van der Waals surface area contributed by atoms with E-state index in [0.717, 1.165) is 64.5 Å². The molecule has 3 aliphatic carbocycles. The second-order valence-electron chi connectivity index (χ2n) is 7.34. The maximum absolute atomic E-state index is 12.7. The van der Waals surface area contributed by atoms with Crippen LogP contribution in [0.25, 0.3) is 0 Å². The molecule has 4 atom stereocenters. The maximum Gasteiger partial charge on any atom is 0.224 e. The van der Waals surface area contributed by atoms with Crippen LogP contribution in [0.2, 0.25) is 0 Å². The summed E-state index contributed by atoms with van der Waals surface area (Å²) in [5, 5.41) is 6.16. The van der Waals surface area contributed by atoms with E-state index >= 15 is 0 Å². The summed E-state index contributed by atoms with van der Waals surface area (Å²) in [6.45, 7) is 5.78. The van der Waals surface area contributed by atoms with Gasteiger partial charge < -0.3 is 10.6 Å². The molecule has 4 heteroatoms. The fourth-order valence-corrected chi connectivity index (χ4v) is 4.12. The molecule has 0 radical (unpaired) electrons. The Hall–Kier alpha value is -1.32. The first-order valence-corrected chi connectivity index (χ1v) is 9.92. The van der Waals surface area contributed by atoms with Crippen molar-refractivity contribution < 1.29 is 9.59 Å². The van der Waals surface area contributed by atoms with E-state index in [-0.39, 0.29) is 35.5 Å². The third-order valence-corrected chi connectivity index (χ3v) is 5.51. The van der Waals surface area contributed by atoms with E-state index in [9.17, 15) is 9.59 Å². The summed E-state index contributed by atoms with van der Waals surface area (Å²) in [5.41, 5.74) is 0. The molecule has 0 aromatic rings. The first-order chi connectivity index (χ1) is 11.7. The molecule has 2 N–H and O–H groups in total. The van der Waals surface area contributed by atoms with Crippen LogP contribution in [0.5, 0.6) is 0 Å². The van der Waals surface area contributed by atoms with Gasteiger partial charge in [0, 0.05) is 13.1 Å². The van der Waals surface area contributed by atoms with Gasteiger partial charge in [-0.3, -0.25) is 9.59 Å². The molecule has 3 aliphatic rings. The number of fused-ring (bicyclic) bond motifs is 2. The van der Waals surface area contributed by atoms with E-state index in [1.54, 1.807) is 0 Å². The number of rotatable bonds is 10. The van der Waals surface area contributed by atoms with Gasteiger partial charge in [-0.1, -0.05) is 51.7 Å². The summed E-state index contributed by atoms with van der Waals surface area (Å²) >= 11 is 0. The van der Waals surface area contributed by atoms with Crippen molar-refractivity contribution in [3.63, 3.8) is 0 Å². The van der Waals surface area contributed by atoms with E-state index in [4.69, 9.17) is 0 Å². The van der Waals surface area contributed by atoms with Crippen molar-refractivity contribution in [2.75, 3.05) is 13.1 Å². The zero-order chi connectivity index (χ0) is 17.4. The molecule has 0 aliphatic heterocycles. The van der Waals surface area contributed by atoms with Crippen molar-refractivity contribution in [3.05, 3.63) is 12.2 Å². The summed E-state index contributed by atoms with van der Waals surface area (Å²) in [6, 6.07) is 0. The van der Waals surface area contributed by atoms with Gasteiger partial charge in [-0.2, -0.15) is 0 Å². The molecule has 0 unspecified atom stereocenters. The van der Waals surface area contributed by atoms with Gasteiger partial charge in [-0.15, -0.1) is 0 Å². The van der Waals surface area contributed by atoms with Crippen molar-refractivity contribution in [1.29, 1.82) is 0 Å². The second kappa shape index (κ2) is 9.85. The Bertz CT molecular complexity index is 407. The fraction of sp³-hybridized carbons (Fsp3) is 0.800. The predicted molar refractivity (Wildman–Crippen MR) is 97.4 cm³/mol. The lowest BCUT2D eigenvalue weighted by molar-refractivity contribution is -0.140. The van der Waals surface area contributed by atoms with Gasteiger partial charge in [0.2, 0.25) is 11.8 Å². The molecule has 24 heavy (non-hydrogen) atoms. The van der Waals surface area contributed by atoms with Crippen LogP contribution in [0.1, 0.15) is 65.2 Å². The summed E-state index contributed by atoms with van der Waals surface area (Å²) in [5.74, 6) is 0.265. The van der Waals surface area contributed by atoms with Crippen LogP contribution in [-0.2, 0) is 9.59 Å². The molecular weight excluding hydrogens is 300 g/mol. The van der Waals surface area contributed by atoms with Gasteiger partial charge in [-0.25, -0.2) is 0 Å². The van der Waals surface area contributed by atoms with Gasteiger partial charge in [0.25, 0.3) is 0 Å². The minimum absolute atomic E-state index is 0.0823. The Labute approximate surface area is 146 Å². The second-order valence-corrected chi connectivity index (χ2v) is 7.34. The topological polar surface area (TPSA) is 58.2 Å². The zero-order valence-corrected chi connectivity index (χ0v) is 15.4. The van der Waals surface area contributed by atoms with Gasteiger partial charge in [0.15, 0.2) is 0 Å². The molecule has 0 saturated heterocycles. The average molecular weight is 335 g/mol. The van der Waals surface area contributed by atoms with Crippen molar-refractivity contribution in [2.24, 2.45) is 23.7 Å². The molecule has 1 saturated carbocycles. The Balaban J connectivity index is 1.94. The molecular formula is C20H34N2O2. The molecule has 136 valence electrons. The van der Waals surface area contributed by atoms with Gasteiger partial charge in [0.1, 0.15) is 0 Å². The quantitative estimate of drug-likeness (QED) is 0.475. The lowest BCUT2D eigenvalue weighted by Gasteiger charge is -2.43. The monoisotopic (exact) mass is 334 g/mol. The Kier molecular flexibility index (Phi) is 7.80. The minimum atomic E-state index is -0.179. The van der Waals surface area contributed by atoms with E-state index in [2.05, 4.69) is 36.6 Å². The molecule has 0 aromatic heterocycles. The Morgan fingerprint density at radius 3 is 1.54 bits per heavy atom. The van der Waals surface area contributed by atoms with Crippen molar-refractivity contribution in [2.45, 2.75) is 65.2 Å².